The van der Waals surface area contributed by atoms with Gasteiger partial charge in [0.2, 0.25) is 0 Å². The van der Waals surface area contributed by atoms with Crippen LogP contribution < -0.4 is 0 Å². The number of aliphatic hydroxyl groups is 1. The number of aromatic nitrogens is 1. The first kappa shape index (κ1) is 11.8. The Morgan fingerprint density at radius 1 is 1.35 bits per heavy atom. The Labute approximate surface area is 102 Å². The molecule has 0 radical (unpaired) electrons. The zero-order valence-corrected chi connectivity index (χ0v) is 10.1. The lowest BCUT2D eigenvalue weighted by Crippen LogP contribution is -1.99. The fourth-order valence-corrected chi connectivity index (χ4v) is 1.96. The summed E-state index contributed by atoms with van der Waals surface area (Å²) in [6, 6.07) is 9.77. The number of rotatable bonds is 4. The zero-order valence-electron chi connectivity index (χ0n) is 10.1. The maximum absolute atomic E-state index is 10.2. The minimum Gasteiger partial charge on any atom is -0.388 e. The van der Waals surface area contributed by atoms with Crippen molar-refractivity contribution in [3.63, 3.8) is 0 Å². The fraction of sp³-hybridized carbons (Fsp3) is 0.267. The molecule has 1 aromatic carbocycles. The van der Waals surface area contributed by atoms with Crippen molar-refractivity contribution >= 4 is 10.9 Å². The summed E-state index contributed by atoms with van der Waals surface area (Å²) in [4.78, 5) is 4.29. The highest BCUT2D eigenvalue weighted by Gasteiger charge is 2.10. The van der Waals surface area contributed by atoms with Gasteiger partial charge in [-0.1, -0.05) is 23.8 Å². The van der Waals surface area contributed by atoms with Crippen molar-refractivity contribution in [1.29, 1.82) is 0 Å². The van der Waals surface area contributed by atoms with Crippen LogP contribution in [-0.4, -0.2) is 10.1 Å². The first-order valence-corrected chi connectivity index (χ1v) is 5.84. The van der Waals surface area contributed by atoms with E-state index in [4.69, 9.17) is 0 Å². The van der Waals surface area contributed by atoms with Crippen molar-refractivity contribution in [2.45, 2.75) is 25.9 Å². The zero-order chi connectivity index (χ0) is 12.3. The van der Waals surface area contributed by atoms with Crippen LogP contribution in [0.5, 0.6) is 0 Å². The van der Waals surface area contributed by atoms with E-state index in [9.17, 15) is 5.11 Å². The van der Waals surface area contributed by atoms with Crippen LogP contribution in [0.3, 0.4) is 0 Å². The Kier molecular flexibility index (Phi) is 3.55. The SMILES string of the molecule is C=C(C)CCC(O)c1cccc2ncccc12. The first-order chi connectivity index (χ1) is 8.18. The van der Waals surface area contributed by atoms with Gasteiger partial charge in [0.05, 0.1) is 11.6 Å². The van der Waals surface area contributed by atoms with E-state index in [-0.39, 0.29) is 0 Å². The number of pyridine rings is 1. The Morgan fingerprint density at radius 2 is 2.18 bits per heavy atom. The van der Waals surface area contributed by atoms with Crippen LogP contribution in [0.2, 0.25) is 0 Å². The molecule has 2 nitrogen and oxygen atoms in total. The van der Waals surface area contributed by atoms with Crippen molar-refractivity contribution in [3.8, 4) is 0 Å². The van der Waals surface area contributed by atoms with Crippen molar-refractivity contribution in [2.24, 2.45) is 0 Å². The molecule has 0 aliphatic heterocycles. The number of hydrogen-bond acceptors (Lipinski definition) is 2. The van der Waals surface area contributed by atoms with Gasteiger partial charge in [-0.25, -0.2) is 0 Å². The molecule has 0 fully saturated rings. The van der Waals surface area contributed by atoms with Gasteiger partial charge in [0.15, 0.2) is 0 Å². The van der Waals surface area contributed by atoms with Crippen molar-refractivity contribution in [2.75, 3.05) is 0 Å². The molecular weight excluding hydrogens is 210 g/mol. The second-order valence-corrected chi connectivity index (χ2v) is 4.43. The first-order valence-electron chi connectivity index (χ1n) is 5.84. The van der Waals surface area contributed by atoms with Crippen LogP contribution in [0.15, 0.2) is 48.7 Å². The molecule has 1 heterocycles. The third-order valence-electron chi connectivity index (χ3n) is 2.88. The minimum absolute atomic E-state index is 0.445. The van der Waals surface area contributed by atoms with Crippen molar-refractivity contribution in [1.82, 2.24) is 4.98 Å². The Morgan fingerprint density at radius 3 is 2.94 bits per heavy atom. The lowest BCUT2D eigenvalue weighted by molar-refractivity contribution is 0.169. The smallest absolute Gasteiger partial charge is 0.0799 e. The van der Waals surface area contributed by atoms with Gasteiger partial charge in [-0.2, -0.15) is 0 Å². The molecule has 0 saturated heterocycles. The van der Waals surface area contributed by atoms with E-state index in [0.717, 1.165) is 28.5 Å². The average molecular weight is 227 g/mol. The largest absolute Gasteiger partial charge is 0.388 e. The average Bonchev–Trinajstić information content (AvgIpc) is 2.35. The number of fused-ring (bicyclic) bond motifs is 1. The molecule has 0 spiro atoms. The fourth-order valence-electron chi connectivity index (χ4n) is 1.96. The molecule has 2 heteroatoms. The van der Waals surface area contributed by atoms with Crippen LogP contribution in [0.1, 0.15) is 31.4 Å². The Balaban J connectivity index is 2.31. The minimum atomic E-state index is -0.445. The van der Waals surface area contributed by atoms with Crippen molar-refractivity contribution in [3.05, 3.63) is 54.2 Å². The van der Waals surface area contributed by atoms with Crippen molar-refractivity contribution < 1.29 is 5.11 Å². The molecule has 2 rings (SSSR count). The number of allylic oxidation sites excluding steroid dienone is 1. The lowest BCUT2D eigenvalue weighted by atomic mass is 9.99. The predicted octanol–water partition coefficient (Wildman–Crippen LogP) is 3.62. The van der Waals surface area contributed by atoms with E-state index in [1.54, 1.807) is 6.20 Å². The molecule has 0 bridgehead atoms. The molecule has 0 saturated carbocycles. The van der Waals surface area contributed by atoms with Crippen LogP contribution in [0.25, 0.3) is 10.9 Å². The molecule has 1 N–H and O–H groups in total. The highest BCUT2D eigenvalue weighted by atomic mass is 16.3. The summed E-state index contributed by atoms with van der Waals surface area (Å²) in [5, 5.41) is 11.2. The van der Waals surface area contributed by atoms with E-state index in [2.05, 4.69) is 11.6 Å². The Bertz CT molecular complexity index is 528. The van der Waals surface area contributed by atoms with Gasteiger partial charge in [-0.05, 0) is 37.5 Å². The highest BCUT2D eigenvalue weighted by molar-refractivity contribution is 5.82. The van der Waals surface area contributed by atoms with Gasteiger partial charge >= 0.3 is 0 Å². The summed E-state index contributed by atoms with van der Waals surface area (Å²) >= 11 is 0. The van der Waals surface area contributed by atoms with E-state index < -0.39 is 6.10 Å². The molecule has 1 unspecified atom stereocenters. The molecular formula is C15H17NO. The number of benzene rings is 1. The van der Waals surface area contributed by atoms with Gasteiger partial charge < -0.3 is 5.11 Å². The summed E-state index contributed by atoms with van der Waals surface area (Å²) in [5.41, 5.74) is 2.98. The third-order valence-corrected chi connectivity index (χ3v) is 2.88. The molecule has 17 heavy (non-hydrogen) atoms. The van der Waals surface area contributed by atoms with E-state index in [0.29, 0.717) is 6.42 Å². The van der Waals surface area contributed by atoms with Gasteiger partial charge in [-0.15, -0.1) is 6.58 Å². The second kappa shape index (κ2) is 5.11. The van der Waals surface area contributed by atoms with Gasteiger partial charge in [0, 0.05) is 11.6 Å². The molecule has 88 valence electrons. The molecule has 1 aromatic heterocycles. The maximum atomic E-state index is 10.2. The van der Waals surface area contributed by atoms with Gasteiger partial charge in [0.25, 0.3) is 0 Å². The van der Waals surface area contributed by atoms with Crippen LogP contribution in [-0.2, 0) is 0 Å². The molecule has 0 aliphatic carbocycles. The summed E-state index contributed by atoms with van der Waals surface area (Å²) < 4.78 is 0. The summed E-state index contributed by atoms with van der Waals surface area (Å²) in [7, 11) is 0. The van der Waals surface area contributed by atoms with E-state index in [1.165, 1.54) is 0 Å². The van der Waals surface area contributed by atoms with Gasteiger partial charge in [-0.3, -0.25) is 4.98 Å². The quantitative estimate of drug-likeness (QED) is 0.809. The summed E-state index contributed by atoms with van der Waals surface area (Å²) in [5.74, 6) is 0. The van der Waals surface area contributed by atoms with E-state index >= 15 is 0 Å². The predicted molar refractivity (Wildman–Crippen MR) is 70.8 cm³/mol. The van der Waals surface area contributed by atoms with Gasteiger partial charge in [0.1, 0.15) is 0 Å². The monoisotopic (exact) mass is 227 g/mol. The Hall–Kier alpha value is -1.67. The van der Waals surface area contributed by atoms with E-state index in [1.807, 2.05) is 37.3 Å². The molecule has 0 aliphatic rings. The molecule has 1 atom stereocenters. The van der Waals surface area contributed by atoms with Crippen LogP contribution >= 0.6 is 0 Å². The number of nitrogens with zero attached hydrogens (tertiary/aromatic N) is 1. The second-order valence-electron chi connectivity index (χ2n) is 4.43. The van der Waals surface area contributed by atoms with Crippen LogP contribution in [0.4, 0.5) is 0 Å². The number of aliphatic hydroxyl groups excluding tert-OH is 1. The van der Waals surface area contributed by atoms with Crippen LogP contribution in [0, 0.1) is 0 Å². The standard InChI is InChI=1S/C15H17NO/c1-11(2)8-9-15(17)13-5-3-7-14-12(13)6-4-10-16-14/h3-7,10,15,17H,1,8-9H2,2H3. The summed E-state index contributed by atoms with van der Waals surface area (Å²) in [6.07, 6.45) is 2.88. The maximum Gasteiger partial charge on any atom is 0.0799 e. The molecule has 0 amide bonds. The highest BCUT2D eigenvalue weighted by Crippen LogP contribution is 2.26. The summed E-state index contributed by atoms with van der Waals surface area (Å²) in [6.45, 7) is 5.84. The third kappa shape index (κ3) is 2.71. The normalized spacial score (nSPS) is 12.6. The molecule has 2 aromatic rings. The lowest BCUT2D eigenvalue weighted by Gasteiger charge is -2.13. The topological polar surface area (TPSA) is 33.1 Å². The number of hydrogen-bond donors (Lipinski definition) is 1.